The molecule has 36 heavy (non-hydrogen) atoms. The van der Waals surface area contributed by atoms with E-state index < -0.39 is 22.9 Å². The van der Waals surface area contributed by atoms with Crippen LogP contribution in [-0.4, -0.2) is 11.9 Å². The topological polar surface area (TPSA) is 121 Å². The molecule has 2 aliphatic rings. The molecule has 3 N–H and O–H groups in total. The number of nitrogens with one attached hydrogen (secondary N) is 1. The molecule has 3 aromatic carbocycles. The second-order valence-electron chi connectivity index (χ2n) is 8.39. The summed E-state index contributed by atoms with van der Waals surface area (Å²) in [5.41, 5.74) is 4.91. The molecule has 4 aromatic rings. The Kier molecular flexibility index (Phi) is 4.97. The van der Waals surface area contributed by atoms with Crippen LogP contribution in [0.3, 0.4) is 0 Å². The maximum absolute atomic E-state index is 13.8. The average molecular weight is 545 g/mol. The third-order valence-corrected chi connectivity index (χ3v) is 6.86. The molecule has 0 unspecified atom stereocenters. The van der Waals surface area contributed by atoms with Crippen molar-refractivity contribution in [2.45, 2.75) is 12.0 Å². The molecule has 1 spiro atoms. The number of para-hydroxylation sites is 1. The quantitative estimate of drug-likeness (QED) is 0.294. The van der Waals surface area contributed by atoms with Crippen molar-refractivity contribution in [2.75, 3.05) is 5.32 Å². The summed E-state index contributed by atoms with van der Waals surface area (Å²) < 4.78 is 17.7. The van der Waals surface area contributed by atoms with Crippen molar-refractivity contribution in [1.29, 1.82) is 0 Å². The highest BCUT2D eigenvalue weighted by Crippen LogP contribution is 2.54. The Bertz CT molecular complexity index is 1680. The molecule has 0 saturated heterocycles. The van der Waals surface area contributed by atoms with Gasteiger partial charge in [-0.25, -0.2) is 9.59 Å². The first-order chi connectivity index (χ1) is 17.4. The molecular weight excluding hydrogens is 528 g/mol. The molecule has 0 saturated carbocycles. The molecule has 8 nitrogen and oxygen atoms in total. The summed E-state index contributed by atoms with van der Waals surface area (Å²) in [5, 5.41) is 3.22. The van der Waals surface area contributed by atoms with E-state index in [-0.39, 0.29) is 35.0 Å². The third kappa shape index (κ3) is 3.09. The molecule has 1 atom stereocenters. The third-order valence-electron chi connectivity index (χ3n) is 6.37. The van der Waals surface area contributed by atoms with Crippen molar-refractivity contribution in [3.8, 4) is 5.75 Å². The molecule has 9 heteroatoms. The number of hydrogen-bond acceptors (Lipinski definition) is 7. The van der Waals surface area contributed by atoms with Gasteiger partial charge in [0, 0.05) is 15.7 Å². The predicted molar refractivity (Wildman–Crippen MR) is 134 cm³/mol. The highest BCUT2D eigenvalue weighted by atomic mass is 79.9. The Morgan fingerprint density at radius 2 is 1.78 bits per heavy atom. The number of hydrogen-bond donors (Lipinski definition) is 2. The molecule has 6 rings (SSSR count). The Hall–Kier alpha value is -4.37. The number of carbonyl (C=O) groups excluding carboxylic acids is 2. The van der Waals surface area contributed by atoms with Gasteiger partial charge in [-0.15, -0.1) is 0 Å². The summed E-state index contributed by atoms with van der Waals surface area (Å²) in [6.07, 6.45) is 0. The van der Waals surface area contributed by atoms with Crippen LogP contribution in [-0.2, 0) is 26.3 Å². The van der Waals surface area contributed by atoms with Gasteiger partial charge in [0.05, 0.1) is 5.39 Å². The van der Waals surface area contributed by atoms with Crippen LogP contribution in [0.4, 0.5) is 5.69 Å². The Morgan fingerprint density at radius 3 is 2.58 bits per heavy atom. The number of anilines is 1. The zero-order valence-electron chi connectivity index (χ0n) is 18.5. The Balaban J connectivity index is 1.63. The SMILES string of the molecule is NC1=C(C(=O)OCc2ccccc2)[C@@]2(C(=O)Nc3ccc(Br)cc32)c2c(c3ccccc3oc2=O)O1. The zero-order valence-corrected chi connectivity index (χ0v) is 20.1. The molecule has 0 radical (unpaired) electrons. The van der Waals surface area contributed by atoms with Gasteiger partial charge in [0.1, 0.15) is 28.7 Å². The van der Waals surface area contributed by atoms with Crippen molar-refractivity contribution in [1.82, 2.24) is 0 Å². The minimum Gasteiger partial charge on any atom is -0.457 e. The normalized spacial score (nSPS) is 18.0. The summed E-state index contributed by atoms with van der Waals surface area (Å²) in [5.74, 6) is -1.81. The van der Waals surface area contributed by atoms with Gasteiger partial charge >= 0.3 is 11.6 Å². The first kappa shape index (κ1) is 22.1. The maximum Gasteiger partial charge on any atom is 0.345 e. The lowest BCUT2D eigenvalue weighted by atomic mass is 9.68. The van der Waals surface area contributed by atoms with Gasteiger partial charge in [-0.3, -0.25) is 4.79 Å². The molecule has 178 valence electrons. The van der Waals surface area contributed by atoms with E-state index in [4.69, 9.17) is 19.6 Å². The summed E-state index contributed by atoms with van der Waals surface area (Å²) >= 11 is 3.43. The lowest BCUT2D eigenvalue weighted by molar-refractivity contribution is -0.142. The fraction of sp³-hybridized carbons (Fsp3) is 0.0741. The molecule has 1 amide bonds. The van der Waals surface area contributed by atoms with Crippen molar-refractivity contribution in [3.05, 3.63) is 116 Å². The number of fused-ring (bicyclic) bond motifs is 6. The molecule has 3 heterocycles. The smallest absolute Gasteiger partial charge is 0.345 e. The summed E-state index contributed by atoms with van der Waals surface area (Å²) in [7, 11) is 0. The second-order valence-corrected chi connectivity index (χ2v) is 9.30. The monoisotopic (exact) mass is 544 g/mol. The molecular formula is C27H17BrN2O6. The fourth-order valence-corrected chi connectivity index (χ4v) is 5.20. The second kappa shape index (κ2) is 8.10. The number of nitrogens with two attached hydrogens (primary N) is 1. The van der Waals surface area contributed by atoms with Crippen molar-refractivity contribution in [2.24, 2.45) is 5.73 Å². The standard InChI is InChI=1S/C27H17BrN2O6/c28-15-10-11-18-17(12-15)27(26(33)30-18)20-22(16-8-4-5-9-19(16)35-25(20)32)36-23(29)21(27)24(31)34-13-14-6-2-1-3-7-14/h1-12H,13,29H2,(H,30,33)/t27-/m0/s1. The van der Waals surface area contributed by atoms with Crippen LogP contribution in [0.5, 0.6) is 5.75 Å². The summed E-state index contributed by atoms with van der Waals surface area (Å²) in [4.78, 5) is 40.9. The number of rotatable bonds is 3. The van der Waals surface area contributed by atoms with Gasteiger partial charge in [0.25, 0.3) is 0 Å². The highest BCUT2D eigenvalue weighted by molar-refractivity contribution is 9.10. The van der Waals surface area contributed by atoms with Crippen LogP contribution < -0.4 is 21.4 Å². The minimum absolute atomic E-state index is 0.0573. The lowest BCUT2D eigenvalue weighted by Gasteiger charge is -2.34. The molecule has 0 fully saturated rings. The number of ether oxygens (including phenoxy) is 2. The van der Waals surface area contributed by atoms with E-state index in [1.807, 2.05) is 18.2 Å². The minimum atomic E-state index is -1.95. The summed E-state index contributed by atoms with van der Waals surface area (Å²) in [6, 6.07) is 20.9. The van der Waals surface area contributed by atoms with Gasteiger partial charge in [-0.2, -0.15) is 0 Å². The molecule has 1 aromatic heterocycles. The van der Waals surface area contributed by atoms with Gasteiger partial charge in [0.15, 0.2) is 5.75 Å². The largest absolute Gasteiger partial charge is 0.457 e. The van der Waals surface area contributed by atoms with E-state index in [0.29, 0.717) is 21.1 Å². The van der Waals surface area contributed by atoms with Crippen LogP contribution in [0.15, 0.2) is 97.9 Å². The molecule has 0 aliphatic carbocycles. The van der Waals surface area contributed by atoms with E-state index in [2.05, 4.69) is 21.2 Å². The Labute approximate surface area is 212 Å². The van der Waals surface area contributed by atoms with Crippen LogP contribution in [0.1, 0.15) is 16.7 Å². The van der Waals surface area contributed by atoms with Crippen LogP contribution >= 0.6 is 15.9 Å². The number of amides is 1. The van der Waals surface area contributed by atoms with E-state index in [9.17, 15) is 14.4 Å². The van der Waals surface area contributed by atoms with E-state index in [0.717, 1.165) is 5.56 Å². The van der Waals surface area contributed by atoms with E-state index in [1.54, 1.807) is 54.6 Å². The van der Waals surface area contributed by atoms with Crippen LogP contribution in [0, 0.1) is 0 Å². The first-order valence-corrected chi connectivity index (χ1v) is 11.8. The Morgan fingerprint density at radius 1 is 1.03 bits per heavy atom. The molecule has 0 bridgehead atoms. The first-order valence-electron chi connectivity index (χ1n) is 11.0. The van der Waals surface area contributed by atoms with Gasteiger partial charge in [0.2, 0.25) is 11.8 Å². The highest BCUT2D eigenvalue weighted by Gasteiger charge is 2.61. The fourth-order valence-electron chi connectivity index (χ4n) is 4.84. The predicted octanol–water partition coefficient (Wildman–Crippen LogP) is 4.10. The van der Waals surface area contributed by atoms with Crippen LogP contribution in [0.2, 0.25) is 0 Å². The zero-order chi connectivity index (χ0) is 25.0. The molecule has 2 aliphatic heterocycles. The summed E-state index contributed by atoms with van der Waals surface area (Å²) in [6.45, 7) is -0.0708. The number of benzene rings is 3. The van der Waals surface area contributed by atoms with Crippen molar-refractivity contribution >= 4 is 44.5 Å². The van der Waals surface area contributed by atoms with Gasteiger partial charge in [-0.05, 0) is 35.9 Å². The lowest BCUT2D eigenvalue weighted by Crippen LogP contribution is -2.48. The number of esters is 1. The average Bonchev–Trinajstić information content (AvgIpc) is 3.14. The van der Waals surface area contributed by atoms with E-state index in [1.165, 1.54) is 0 Å². The van der Waals surface area contributed by atoms with Crippen molar-refractivity contribution < 1.29 is 23.5 Å². The number of carbonyl (C=O) groups is 2. The maximum atomic E-state index is 13.8. The van der Waals surface area contributed by atoms with Gasteiger partial charge < -0.3 is 24.9 Å². The van der Waals surface area contributed by atoms with Gasteiger partial charge in [-0.1, -0.05) is 58.4 Å². The van der Waals surface area contributed by atoms with E-state index >= 15 is 0 Å². The van der Waals surface area contributed by atoms with Crippen LogP contribution in [0.25, 0.3) is 11.0 Å². The number of halogens is 1. The van der Waals surface area contributed by atoms with Crippen molar-refractivity contribution in [3.63, 3.8) is 0 Å².